The van der Waals surface area contributed by atoms with Gasteiger partial charge >= 0.3 is 0 Å². The molecule has 2 aromatic rings. The van der Waals surface area contributed by atoms with Crippen molar-refractivity contribution in [1.29, 1.82) is 0 Å². The lowest BCUT2D eigenvalue weighted by Crippen LogP contribution is -1.90. The molecule has 0 amide bonds. The molecular weight excluding hydrogens is 248 g/mol. The van der Waals surface area contributed by atoms with E-state index in [1.165, 1.54) is 26.4 Å². The van der Waals surface area contributed by atoms with Crippen molar-refractivity contribution in [3.05, 3.63) is 56.8 Å². The Morgan fingerprint density at radius 2 is 1.82 bits per heavy atom. The number of thiophene rings is 1. The number of hydrogen-bond acceptors (Lipinski definition) is 1. The third kappa shape index (κ3) is 2.72. The fraction of sp³-hybridized carbons (Fsp3) is 0.333. The van der Waals surface area contributed by atoms with Gasteiger partial charge in [0.1, 0.15) is 0 Å². The molecule has 0 saturated carbocycles. The lowest BCUT2D eigenvalue weighted by atomic mass is 10.1. The van der Waals surface area contributed by atoms with Gasteiger partial charge in [0, 0.05) is 9.75 Å². The van der Waals surface area contributed by atoms with Gasteiger partial charge in [0.15, 0.2) is 0 Å². The van der Waals surface area contributed by atoms with Crippen LogP contribution < -0.4 is 0 Å². The summed E-state index contributed by atoms with van der Waals surface area (Å²) in [5.41, 5.74) is 3.88. The monoisotopic (exact) mass is 264 g/mol. The summed E-state index contributed by atoms with van der Waals surface area (Å²) < 4.78 is 0. The van der Waals surface area contributed by atoms with Crippen molar-refractivity contribution in [3.8, 4) is 0 Å². The van der Waals surface area contributed by atoms with Crippen LogP contribution in [0.4, 0.5) is 0 Å². The molecule has 2 heteroatoms. The minimum Gasteiger partial charge on any atom is -0.143 e. The Balaban J connectivity index is 2.26. The minimum absolute atomic E-state index is 0.0155. The molecule has 0 spiro atoms. The van der Waals surface area contributed by atoms with Crippen LogP contribution in [0.3, 0.4) is 0 Å². The van der Waals surface area contributed by atoms with E-state index in [2.05, 4.69) is 51.1 Å². The third-order valence-corrected chi connectivity index (χ3v) is 4.95. The maximum absolute atomic E-state index is 6.52. The zero-order valence-corrected chi connectivity index (χ0v) is 12.0. The average molecular weight is 265 g/mol. The lowest BCUT2D eigenvalue weighted by molar-refractivity contribution is 1.11. The van der Waals surface area contributed by atoms with E-state index in [1.54, 1.807) is 11.3 Å². The Labute approximate surface area is 112 Å². The molecule has 17 heavy (non-hydrogen) atoms. The van der Waals surface area contributed by atoms with Gasteiger partial charge in [0.25, 0.3) is 0 Å². The van der Waals surface area contributed by atoms with E-state index in [-0.39, 0.29) is 5.38 Å². The molecule has 0 aliphatic heterocycles. The van der Waals surface area contributed by atoms with Gasteiger partial charge in [-0.1, -0.05) is 31.2 Å². The molecule has 0 nitrogen and oxygen atoms in total. The Kier molecular flexibility index (Phi) is 3.90. The highest BCUT2D eigenvalue weighted by Gasteiger charge is 2.13. The van der Waals surface area contributed by atoms with Crippen LogP contribution >= 0.6 is 22.9 Å². The van der Waals surface area contributed by atoms with E-state index in [9.17, 15) is 0 Å². The first-order valence-corrected chi connectivity index (χ1v) is 7.17. The zero-order chi connectivity index (χ0) is 12.4. The molecule has 1 unspecified atom stereocenters. The first-order valence-electron chi connectivity index (χ1n) is 5.91. The summed E-state index contributed by atoms with van der Waals surface area (Å²) in [7, 11) is 0. The molecule has 0 radical (unpaired) electrons. The van der Waals surface area contributed by atoms with Gasteiger partial charge in [-0.15, -0.1) is 22.9 Å². The van der Waals surface area contributed by atoms with Crippen molar-refractivity contribution in [2.75, 3.05) is 0 Å². The first-order chi connectivity index (χ1) is 8.11. The maximum Gasteiger partial charge on any atom is 0.0927 e. The third-order valence-electron chi connectivity index (χ3n) is 3.12. The summed E-state index contributed by atoms with van der Waals surface area (Å²) in [5, 5.41) is -0.0155. The van der Waals surface area contributed by atoms with Crippen molar-refractivity contribution >= 4 is 22.9 Å². The molecule has 1 aromatic heterocycles. The van der Waals surface area contributed by atoms with Crippen molar-refractivity contribution in [2.45, 2.75) is 32.6 Å². The summed E-state index contributed by atoms with van der Waals surface area (Å²) in [6.07, 6.45) is 1.07. The van der Waals surface area contributed by atoms with Gasteiger partial charge in [-0.25, -0.2) is 0 Å². The van der Waals surface area contributed by atoms with E-state index >= 15 is 0 Å². The van der Waals surface area contributed by atoms with E-state index in [0.717, 1.165) is 6.42 Å². The van der Waals surface area contributed by atoms with Crippen LogP contribution in [-0.4, -0.2) is 0 Å². The van der Waals surface area contributed by atoms with Gasteiger partial charge in [0.05, 0.1) is 5.38 Å². The van der Waals surface area contributed by atoms with Gasteiger partial charge in [-0.3, -0.25) is 0 Å². The Morgan fingerprint density at radius 3 is 2.29 bits per heavy atom. The molecular formula is C15H17ClS. The topological polar surface area (TPSA) is 0 Å². The minimum atomic E-state index is -0.0155. The first kappa shape index (κ1) is 12.7. The fourth-order valence-corrected chi connectivity index (χ4v) is 3.20. The van der Waals surface area contributed by atoms with Crippen LogP contribution in [-0.2, 0) is 6.42 Å². The Hall–Kier alpha value is -0.790. The highest BCUT2D eigenvalue weighted by molar-refractivity contribution is 7.12. The van der Waals surface area contributed by atoms with Crippen LogP contribution in [0.5, 0.6) is 0 Å². The fourth-order valence-electron chi connectivity index (χ4n) is 1.81. The molecule has 0 N–H and O–H groups in total. The summed E-state index contributed by atoms with van der Waals surface area (Å²) in [5.74, 6) is 0. The second kappa shape index (κ2) is 5.24. The molecule has 0 aliphatic rings. The van der Waals surface area contributed by atoms with Crippen molar-refractivity contribution in [2.24, 2.45) is 0 Å². The van der Waals surface area contributed by atoms with E-state index in [4.69, 9.17) is 11.6 Å². The van der Waals surface area contributed by atoms with Crippen molar-refractivity contribution < 1.29 is 0 Å². The SMILES string of the molecule is CCc1ccc(C(Cl)c2cc(C)c(C)s2)cc1. The molecule has 1 aromatic carbocycles. The number of hydrogen-bond donors (Lipinski definition) is 0. The van der Waals surface area contributed by atoms with Gasteiger partial charge < -0.3 is 0 Å². The normalized spacial score (nSPS) is 12.7. The largest absolute Gasteiger partial charge is 0.143 e. The highest BCUT2D eigenvalue weighted by atomic mass is 35.5. The van der Waals surface area contributed by atoms with Crippen LogP contribution in [0.2, 0.25) is 0 Å². The molecule has 0 fully saturated rings. The van der Waals surface area contributed by atoms with Crippen LogP contribution in [0.15, 0.2) is 30.3 Å². The quantitative estimate of drug-likeness (QED) is 0.664. The average Bonchev–Trinajstić information content (AvgIpc) is 2.69. The summed E-state index contributed by atoms with van der Waals surface area (Å²) in [6, 6.07) is 10.8. The predicted molar refractivity (Wildman–Crippen MR) is 77.3 cm³/mol. The van der Waals surface area contributed by atoms with Gasteiger partial charge in [-0.2, -0.15) is 0 Å². The molecule has 0 aliphatic carbocycles. The van der Waals surface area contributed by atoms with Crippen LogP contribution in [0, 0.1) is 13.8 Å². The van der Waals surface area contributed by atoms with Gasteiger partial charge in [-0.05, 0) is 43.0 Å². The Bertz CT molecular complexity index is 477. The number of aryl methyl sites for hydroxylation is 3. The second-order valence-electron chi connectivity index (χ2n) is 4.35. The summed E-state index contributed by atoms with van der Waals surface area (Å²) >= 11 is 8.32. The van der Waals surface area contributed by atoms with Crippen LogP contribution in [0.25, 0.3) is 0 Å². The summed E-state index contributed by atoms with van der Waals surface area (Å²) in [4.78, 5) is 2.60. The standard InChI is InChI=1S/C15H17ClS/c1-4-12-5-7-13(8-6-12)15(16)14-9-10(2)11(3)17-14/h5-9,15H,4H2,1-3H3. The molecule has 2 rings (SSSR count). The molecule has 1 atom stereocenters. The van der Waals surface area contributed by atoms with Crippen molar-refractivity contribution in [1.82, 2.24) is 0 Å². The number of rotatable bonds is 3. The molecule has 0 saturated heterocycles. The van der Waals surface area contributed by atoms with E-state index < -0.39 is 0 Å². The molecule has 1 heterocycles. The zero-order valence-electron chi connectivity index (χ0n) is 10.5. The molecule has 90 valence electrons. The highest BCUT2D eigenvalue weighted by Crippen LogP contribution is 2.35. The summed E-state index contributed by atoms with van der Waals surface area (Å²) in [6.45, 7) is 6.45. The van der Waals surface area contributed by atoms with Crippen molar-refractivity contribution in [3.63, 3.8) is 0 Å². The lowest BCUT2D eigenvalue weighted by Gasteiger charge is -2.08. The Morgan fingerprint density at radius 1 is 1.18 bits per heavy atom. The number of halogens is 1. The number of benzene rings is 1. The molecule has 0 bridgehead atoms. The van der Waals surface area contributed by atoms with Gasteiger partial charge in [0.2, 0.25) is 0 Å². The number of alkyl halides is 1. The maximum atomic E-state index is 6.52. The van der Waals surface area contributed by atoms with Crippen LogP contribution in [0.1, 0.15) is 38.7 Å². The second-order valence-corrected chi connectivity index (χ2v) is 6.07. The van der Waals surface area contributed by atoms with E-state index in [0.29, 0.717) is 0 Å². The predicted octanol–water partition coefficient (Wildman–Crippen LogP) is 5.26. The smallest absolute Gasteiger partial charge is 0.0927 e. The van der Waals surface area contributed by atoms with E-state index in [1.807, 2.05) is 0 Å².